The molecule has 0 atom stereocenters. The maximum absolute atomic E-state index is 12.6. The molecule has 0 heterocycles. The Labute approximate surface area is 157 Å². The van der Waals surface area contributed by atoms with E-state index in [4.69, 9.17) is 0 Å². The van der Waals surface area contributed by atoms with Gasteiger partial charge in [-0.1, -0.05) is 25.5 Å². The van der Waals surface area contributed by atoms with E-state index in [1.165, 1.54) is 12.1 Å². The predicted octanol–water partition coefficient (Wildman–Crippen LogP) is 3.52. The lowest BCUT2D eigenvalue weighted by atomic mass is 10.1. The molecule has 0 fully saturated rings. The quantitative estimate of drug-likeness (QED) is 0.417. The molecule has 0 amide bonds. The lowest BCUT2D eigenvalue weighted by Crippen LogP contribution is -2.16. The number of non-ortho nitro benzene ring substituents is 1. The minimum atomic E-state index is -3.98. The van der Waals surface area contributed by atoms with Crippen LogP contribution in [-0.4, -0.2) is 26.4 Å². The van der Waals surface area contributed by atoms with Crippen molar-refractivity contribution in [3.05, 3.63) is 63.7 Å². The highest BCUT2D eigenvalue weighted by Crippen LogP contribution is 2.25. The number of hydrogen-bond acceptors (Lipinski definition) is 6. The average Bonchev–Trinajstić information content (AvgIpc) is 2.66. The standard InChI is InChI=1S/C18H20N2O6S/c1-3-4-5-13-6-9-15(10-7-13)27(24,25)19-17-11-8-14(20(22)23)12-16(17)18(21)26-2/h6-12,19H,3-5H2,1-2H3. The van der Waals surface area contributed by atoms with Crippen LogP contribution in [0.3, 0.4) is 0 Å². The van der Waals surface area contributed by atoms with Gasteiger partial charge in [0, 0.05) is 12.1 Å². The topological polar surface area (TPSA) is 116 Å². The molecule has 0 aliphatic rings. The van der Waals surface area contributed by atoms with Crippen molar-refractivity contribution in [2.45, 2.75) is 31.1 Å². The van der Waals surface area contributed by atoms with Gasteiger partial charge in [-0.25, -0.2) is 13.2 Å². The first-order valence-corrected chi connectivity index (χ1v) is 9.75. The number of anilines is 1. The van der Waals surface area contributed by atoms with Gasteiger partial charge in [0.1, 0.15) is 0 Å². The van der Waals surface area contributed by atoms with Crippen molar-refractivity contribution in [3.8, 4) is 0 Å². The van der Waals surface area contributed by atoms with Gasteiger partial charge >= 0.3 is 5.97 Å². The van der Waals surface area contributed by atoms with Crippen LogP contribution >= 0.6 is 0 Å². The molecule has 144 valence electrons. The second kappa shape index (κ2) is 8.63. The number of unbranched alkanes of at least 4 members (excludes halogenated alkanes) is 1. The zero-order chi connectivity index (χ0) is 20.0. The fourth-order valence-corrected chi connectivity index (χ4v) is 3.51. The number of nitrogens with zero attached hydrogens (tertiary/aromatic N) is 1. The summed E-state index contributed by atoms with van der Waals surface area (Å²) in [5.41, 5.74) is 0.345. The SMILES string of the molecule is CCCCc1ccc(S(=O)(=O)Nc2ccc([N+](=O)[O-])cc2C(=O)OC)cc1. The van der Waals surface area contributed by atoms with Crippen molar-refractivity contribution < 1.29 is 22.9 Å². The van der Waals surface area contributed by atoms with Crippen LogP contribution in [0.2, 0.25) is 0 Å². The van der Waals surface area contributed by atoms with Crippen LogP contribution in [0.15, 0.2) is 47.4 Å². The van der Waals surface area contributed by atoms with E-state index in [2.05, 4.69) is 16.4 Å². The van der Waals surface area contributed by atoms with Crippen LogP contribution in [0, 0.1) is 10.1 Å². The van der Waals surface area contributed by atoms with Crippen LogP contribution in [0.1, 0.15) is 35.7 Å². The van der Waals surface area contributed by atoms with E-state index >= 15 is 0 Å². The molecule has 0 aliphatic carbocycles. The second-order valence-corrected chi connectivity index (χ2v) is 7.51. The van der Waals surface area contributed by atoms with Gasteiger partial charge in [-0.2, -0.15) is 0 Å². The van der Waals surface area contributed by atoms with Crippen molar-refractivity contribution in [2.24, 2.45) is 0 Å². The number of rotatable bonds is 8. The zero-order valence-corrected chi connectivity index (χ0v) is 15.8. The number of benzene rings is 2. The molecule has 1 N–H and O–H groups in total. The van der Waals surface area contributed by atoms with Crippen molar-refractivity contribution in [1.82, 2.24) is 0 Å². The first-order chi connectivity index (χ1) is 12.8. The van der Waals surface area contributed by atoms with E-state index in [0.29, 0.717) is 0 Å². The summed E-state index contributed by atoms with van der Waals surface area (Å²) in [5.74, 6) is -0.883. The summed E-state index contributed by atoms with van der Waals surface area (Å²) in [6, 6.07) is 9.68. The number of carbonyl (C=O) groups is 1. The van der Waals surface area contributed by atoms with Gasteiger partial charge in [0.2, 0.25) is 0 Å². The summed E-state index contributed by atoms with van der Waals surface area (Å²) in [6.45, 7) is 2.08. The van der Waals surface area contributed by atoms with E-state index < -0.39 is 20.9 Å². The normalized spacial score (nSPS) is 11.0. The van der Waals surface area contributed by atoms with Gasteiger partial charge < -0.3 is 4.74 Å². The molecule has 0 aromatic heterocycles. The monoisotopic (exact) mass is 392 g/mol. The third-order valence-electron chi connectivity index (χ3n) is 3.92. The number of hydrogen-bond donors (Lipinski definition) is 1. The number of aryl methyl sites for hydroxylation is 1. The average molecular weight is 392 g/mol. The van der Waals surface area contributed by atoms with Crippen LogP contribution in [0.5, 0.6) is 0 Å². The number of methoxy groups -OCH3 is 1. The Morgan fingerprint density at radius 2 is 1.85 bits per heavy atom. The molecule has 0 bridgehead atoms. The van der Waals surface area contributed by atoms with Crippen LogP contribution in [-0.2, 0) is 21.2 Å². The Bertz CT molecular complexity index is 939. The smallest absolute Gasteiger partial charge is 0.340 e. The zero-order valence-electron chi connectivity index (χ0n) is 15.0. The summed E-state index contributed by atoms with van der Waals surface area (Å²) in [4.78, 5) is 22.1. The molecule has 0 saturated heterocycles. The Morgan fingerprint density at radius 3 is 2.41 bits per heavy atom. The molecule has 2 aromatic rings. The number of nitro benzene ring substituents is 1. The van der Waals surface area contributed by atoms with Gasteiger partial charge in [0.15, 0.2) is 0 Å². The Morgan fingerprint density at radius 1 is 1.19 bits per heavy atom. The van der Waals surface area contributed by atoms with Gasteiger partial charge in [-0.15, -0.1) is 0 Å². The molecule has 0 radical (unpaired) electrons. The summed E-state index contributed by atoms with van der Waals surface area (Å²) >= 11 is 0. The fraction of sp³-hybridized carbons (Fsp3) is 0.278. The molecule has 0 saturated carbocycles. The lowest BCUT2D eigenvalue weighted by Gasteiger charge is -2.12. The minimum absolute atomic E-state index is 0.0249. The molecule has 0 spiro atoms. The molecular weight excluding hydrogens is 372 g/mol. The number of nitro groups is 1. The van der Waals surface area contributed by atoms with Gasteiger partial charge in [-0.05, 0) is 36.6 Å². The first kappa shape index (κ1) is 20.4. The van der Waals surface area contributed by atoms with Crippen molar-refractivity contribution in [3.63, 3.8) is 0 Å². The van der Waals surface area contributed by atoms with Gasteiger partial charge in [0.25, 0.3) is 15.7 Å². The first-order valence-electron chi connectivity index (χ1n) is 8.27. The minimum Gasteiger partial charge on any atom is -0.465 e. The largest absolute Gasteiger partial charge is 0.465 e. The number of esters is 1. The Hall–Kier alpha value is -2.94. The summed E-state index contributed by atoms with van der Waals surface area (Å²) < 4.78 is 32.1. The third-order valence-corrected chi connectivity index (χ3v) is 5.30. The molecule has 0 aliphatic heterocycles. The highest BCUT2D eigenvalue weighted by molar-refractivity contribution is 7.92. The molecule has 2 aromatic carbocycles. The number of sulfonamides is 1. The third kappa shape index (κ3) is 5.04. The van der Waals surface area contributed by atoms with Crippen LogP contribution in [0.4, 0.5) is 11.4 Å². The van der Waals surface area contributed by atoms with E-state index in [1.807, 2.05) is 0 Å². The molecule has 2 rings (SSSR count). The highest BCUT2D eigenvalue weighted by atomic mass is 32.2. The van der Waals surface area contributed by atoms with Crippen LogP contribution in [0.25, 0.3) is 0 Å². The maximum Gasteiger partial charge on any atom is 0.340 e. The Balaban J connectivity index is 2.34. The van der Waals surface area contributed by atoms with E-state index in [1.54, 1.807) is 12.1 Å². The van der Waals surface area contributed by atoms with E-state index in [0.717, 1.165) is 50.1 Å². The second-order valence-electron chi connectivity index (χ2n) is 5.83. The maximum atomic E-state index is 12.6. The van der Waals surface area contributed by atoms with Crippen molar-refractivity contribution in [2.75, 3.05) is 11.8 Å². The summed E-state index contributed by atoms with van der Waals surface area (Å²) in [7, 11) is -2.87. The van der Waals surface area contributed by atoms with Crippen molar-refractivity contribution >= 4 is 27.4 Å². The summed E-state index contributed by atoms with van der Waals surface area (Å²) in [6.07, 6.45) is 2.91. The lowest BCUT2D eigenvalue weighted by molar-refractivity contribution is -0.384. The number of carbonyl (C=O) groups excluding carboxylic acids is 1. The summed E-state index contributed by atoms with van der Waals surface area (Å²) in [5, 5.41) is 10.9. The molecule has 8 nitrogen and oxygen atoms in total. The van der Waals surface area contributed by atoms with Crippen molar-refractivity contribution in [1.29, 1.82) is 0 Å². The Kier molecular flexibility index (Phi) is 6.51. The molecule has 27 heavy (non-hydrogen) atoms. The van der Waals surface area contributed by atoms with E-state index in [9.17, 15) is 23.3 Å². The molecule has 0 unspecified atom stereocenters. The number of ether oxygens (including phenoxy) is 1. The van der Waals surface area contributed by atoms with Gasteiger partial charge in [-0.3, -0.25) is 14.8 Å². The van der Waals surface area contributed by atoms with Crippen LogP contribution < -0.4 is 4.72 Å². The van der Waals surface area contributed by atoms with E-state index in [-0.39, 0.29) is 21.8 Å². The predicted molar refractivity (Wildman–Crippen MR) is 100 cm³/mol. The molecule has 9 heteroatoms. The molecular formula is C18H20N2O6S. The fourth-order valence-electron chi connectivity index (χ4n) is 2.43. The highest BCUT2D eigenvalue weighted by Gasteiger charge is 2.22. The number of nitrogens with one attached hydrogen (secondary N) is 1. The van der Waals surface area contributed by atoms with Gasteiger partial charge in [0.05, 0.1) is 28.2 Å².